The first-order chi connectivity index (χ1) is 15.4. The van der Waals surface area contributed by atoms with Gasteiger partial charge in [0.2, 0.25) is 15.9 Å². The molecule has 0 spiro atoms. The van der Waals surface area contributed by atoms with Gasteiger partial charge in [0.25, 0.3) is 0 Å². The number of nitrogens with one attached hydrogen (secondary N) is 1. The topological polar surface area (TPSA) is 69.7 Å². The number of hydrogen-bond acceptors (Lipinski definition) is 4. The molecule has 1 heterocycles. The molecule has 10 heteroatoms. The molecule has 1 aliphatic heterocycles. The van der Waals surface area contributed by atoms with Crippen LogP contribution in [0.5, 0.6) is 0 Å². The molecular weight excluding hydrogens is 455 g/mol. The van der Waals surface area contributed by atoms with Crippen molar-refractivity contribution in [1.29, 1.82) is 0 Å². The fraction of sp³-hybridized carbons (Fsp3) is 0.435. The largest absolute Gasteiger partial charge is 0.322 e. The van der Waals surface area contributed by atoms with Crippen LogP contribution in [0.15, 0.2) is 23.1 Å². The van der Waals surface area contributed by atoms with Crippen LogP contribution in [0.25, 0.3) is 0 Å². The fourth-order valence-corrected chi connectivity index (χ4v) is 6.05. The zero-order chi connectivity index (χ0) is 24.7. The van der Waals surface area contributed by atoms with Crippen LogP contribution < -0.4 is 5.32 Å². The van der Waals surface area contributed by atoms with Gasteiger partial charge in [-0.2, -0.15) is 4.31 Å². The summed E-state index contributed by atoms with van der Waals surface area (Å²) in [5, 5.41) is 2.28. The van der Waals surface area contributed by atoms with Gasteiger partial charge in [0.15, 0.2) is 17.5 Å². The summed E-state index contributed by atoms with van der Waals surface area (Å²) in [6.07, 6.45) is 0. The Balaban J connectivity index is 1.71. The molecule has 6 nitrogen and oxygen atoms in total. The van der Waals surface area contributed by atoms with E-state index in [9.17, 15) is 26.4 Å². The zero-order valence-electron chi connectivity index (χ0n) is 19.3. The summed E-state index contributed by atoms with van der Waals surface area (Å²) in [5.74, 6) is -5.07. The highest BCUT2D eigenvalue weighted by Crippen LogP contribution is 2.29. The molecule has 3 rings (SSSR count). The molecule has 1 amide bonds. The lowest BCUT2D eigenvalue weighted by Gasteiger charge is -2.37. The van der Waals surface area contributed by atoms with Crippen LogP contribution >= 0.6 is 0 Å². The van der Waals surface area contributed by atoms with E-state index in [1.165, 1.54) is 4.31 Å². The van der Waals surface area contributed by atoms with E-state index >= 15 is 0 Å². The molecule has 0 unspecified atom stereocenters. The lowest BCUT2D eigenvalue weighted by Crippen LogP contribution is -2.54. The molecule has 33 heavy (non-hydrogen) atoms. The Labute approximate surface area is 192 Å². The third-order valence-electron chi connectivity index (χ3n) is 6.39. The number of aryl methyl sites for hydroxylation is 2. The minimum atomic E-state index is -3.72. The van der Waals surface area contributed by atoms with Gasteiger partial charge in [0, 0.05) is 26.2 Å². The Kier molecular flexibility index (Phi) is 7.21. The standard InChI is InChI=1S/C23H28F3N3O3S/c1-13-12-14(2)16(4)22(15(13)3)33(31,32)29-10-8-28(9-11-29)17(5)23(30)27-19-7-6-18(24)20(25)21(19)26/h6-7,12,17H,8-11H2,1-5H3,(H,27,30)/t17-/m0/s1. The minimum Gasteiger partial charge on any atom is -0.322 e. The van der Waals surface area contributed by atoms with E-state index in [1.807, 2.05) is 19.9 Å². The number of hydrogen-bond donors (Lipinski definition) is 1. The Morgan fingerprint density at radius 1 is 0.939 bits per heavy atom. The number of amides is 1. The van der Waals surface area contributed by atoms with E-state index in [0.717, 1.165) is 34.4 Å². The van der Waals surface area contributed by atoms with Crippen molar-refractivity contribution in [1.82, 2.24) is 9.21 Å². The summed E-state index contributed by atoms with van der Waals surface area (Å²) in [6.45, 7) is 9.91. The van der Waals surface area contributed by atoms with Crippen molar-refractivity contribution in [2.75, 3.05) is 31.5 Å². The molecular formula is C23H28F3N3O3S. The predicted molar refractivity (Wildman–Crippen MR) is 120 cm³/mol. The van der Waals surface area contributed by atoms with Gasteiger partial charge in [0.1, 0.15) is 0 Å². The average Bonchev–Trinajstić information content (AvgIpc) is 2.77. The van der Waals surface area contributed by atoms with Crippen LogP contribution in [0.2, 0.25) is 0 Å². The van der Waals surface area contributed by atoms with Gasteiger partial charge in [-0.05, 0) is 69.0 Å². The summed E-state index contributed by atoms with van der Waals surface area (Å²) < 4.78 is 68.6. The second-order valence-electron chi connectivity index (χ2n) is 8.42. The Bertz CT molecular complexity index is 1170. The van der Waals surface area contributed by atoms with Gasteiger partial charge in [-0.25, -0.2) is 21.6 Å². The van der Waals surface area contributed by atoms with Gasteiger partial charge >= 0.3 is 0 Å². The molecule has 0 bridgehead atoms. The van der Waals surface area contributed by atoms with Gasteiger partial charge in [-0.1, -0.05) is 6.07 Å². The van der Waals surface area contributed by atoms with Crippen molar-refractivity contribution >= 4 is 21.6 Å². The Morgan fingerprint density at radius 2 is 1.48 bits per heavy atom. The smallest absolute Gasteiger partial charge is 0.243 e. The molecule has 1 fully saturated rings. The van der Waals surface area contributed by atoms with Crippen molar-refractivity contribution in [2.24, 2.45) is 0 Å². The molecule has 1 saturated heterocycles. The number of benzene rings is 2. The van der Waals surface area contributed by atoms with Crippen LogP contribution in [0.3, 0.4) is 0 Å². The van der Waals surface area contributed by atoms with E-state index < -0.39 is 45.1 Å². The average molecular weight is 484 g/mol. The summed E-state index contributed by atoms with van der Waals surface area (Å²) in [4.78, 5) is 14.6. The highest BCUT2D eigenvalue weighted by Gasteiger charge is 2.34. The highest BCUT2D eigenvalue weighted by molar-refractivity contribution is 7.89. The van der Waals surface area contributed by atoms with Crippen LogP contribution in [0.4, 0.5) is 18.9 Å². The number of sulfonamides is 1. The first-order valence-corrected chi connectivity index (χ1v) is 12.1. The third-order valence-corrected chi connectivity index (χ3v) is 8.56. The summed E-state index contributed by atoms with van der Waals surface area (Å²) in [6, 6.07) is 2.93. The van der Waals surface area contributed by atoms with E-state index in [2.05, 4.69) is 5.32 Å². The maximum absolute atomic E-state index is 13.9. The number of piperazine rings is 1. The van der Waals surface area contributed by atoms with Crippen LogP contribution in [0, 0.1) is 45.1 Å². The zero-order valence-corrected chi connectivity index (χ0v) is 20.1. The van der Waals surface area contributed by atoms with Crippen LogP contribution in [-0.4, -0.2) is 55.8 Å². The number of nitrogens with zero attached hydrogens (tertiary/aromatic N) is 2. The highest BCUT2D eigenvalue weighted by atomic mass is 32.2. The number of carbonyl (C=O) groups excluding carboxylic acids is 1. The van der Waals surface area contributed by atoms with Crippen molar-refractivity contribution in [2.45, 2.75) is 45.6 Å². The predicted octanol–water partition coefficient (Wildman–Crippen LogP) is 3.67. The van der Waals surface area contributed by atoms with Crippen molar-refractivity contribution in [3.8, 4) is 0 Å². The molecule has 0 aliphatic carbocycles. The SMILES string of the molecule is Cc1cc(C)c(C)c(S(=O)(=O)N2CCN([C@@H](C)C(=O)Nc3ccc(F)c(F)c3F)CC2)c1C. The van der Waals surface area contributed by atoms with E-state index in [0.29, 0.717) is 4.90 Å². The molecule has 2 aromatic carbocycles. The normalized spacial score (nSPS) is 16.6. The molecule has 0 saturated carbocycles. The van der Waals surface area contributed by atoms with Crippen LogP contribution in [0.1, 0.15) is 29.2 Å². The molecule has 0 aromatic heterocycles. The van der Waals surface area contributed by atoms with Gasteiger partial charge in [0.05, 0.1) is 16.6 Å². The second-order valence-corrected chi connectivity index (χ2v) is 10.3. The fourth-order valence-electron chi connectivity index (χ4n) is 4.05. The lowest BCUT2D eigenvalue weighted by molar-refractivity contribution is -0.121. The van der Waals surface area contributed by atoms with E-state index in [1.54, 1.807) is 25.7 Å². The Morgan fingerprint density at radius 3 is 2.03 bits per heavy atom. The summed E-state index contributed by atoms with van der Waals surface area (Å²) >= 11 is 0. The number of carbonyl (C=O) groups is 1. The molecule has 1 aliphatic rings. The molecule has 2 aromatic rings. The molecule has 1 atom stereocenters. The monoisotopic (exact) mass is 483 g/mol. The maximum Gasteiger partial charge on any atom is 0.243 e. The van der Waals surface area contributed by atoms with Gasteiger partial charge < -0.3 is 5.32 Å². The van der Waals surface area contributed by atoms with Crippen molar-refractivity contribution in [3.63, 3.8) is 0 Å². The number of halogens is 3. The minimum absolute atomic E-state index is 0.186. The number of anilines is 1. The van der Waals surface area contributed by atoms with Gasteiger partial charge in [-0.3, -0.25) is 9.69 Å². The Hall–Kier alpha value is -2.43. The summed E-state index contributed by atoms with van der Waals surface area (Å²) in [7, 11) is -3.72. The molecule has 0 radical (unpaired) electrons. The van der Waals surface area contributed by atoms with Crippen molar-refractivity contribution < 1.29 is 26.4 Å². The molecule has 1 N–H and O–H groups in total. The second kappa shape index (κ2) is 9.44. The van der Waals surface area contributed by atoms with Crippen LogP contribution in [-0.2, 0) is 14.8 Å². The van der Waals surface area contributed by atoms with Crippen molar-refractivity contribution in [3.05, 3.63) is 57.9 Å². The van der Waals surface area contributed by atoms with E-state index in [-0.39, 0.29) is 26.2 Å². The lowest BCUT2D eigenvalue weighted by atomic mass is 10.0. The third kappa shape index (κ3) is 4.78. The molecule has 180 valence electrons. The first kappa shape index (κ1) is 25.2. The van der Waals surface area contributed by atoms with E-state index in [4.69, 9.17) is 0 Å². The quantitative estimate of drug-likeness (QED) is 0.659. The summed E-state index contributed by atoms with van der Waals surface area (Å²) in [5.41, 5.74) is 2.81. The maximum atomic E-state index is 13.9. The van der Waals surface area contributed by atoms with Gasteiger partial charge in [-0.15, -0.1) is 0 Å². The first-order valence-electron chi connectivity index (χ1n) is 10.6. The number of rotatable bonds is 5.